The minimum atomic E-state index is 0.594. The average Bonchev–Trinajstić information content (AvgIpc) is 2.53. The van der Waals surface area contributed by atoms with Crippen LogP contribution in [0.3, 0.4) is 0 Å². The minimum Gasteiger partial charge on any atom is -0.381 e. The first-order chi connectivity index (χ1) is 11.0. The van der Waals surface area contributed by atoms with E-state index in [2.05, 4.69) is 58.6 Å². The maximum Gasteiger partial charge on any atom is 0.191 e. The zero-order valence-electron chi connectivity index (χ0n) is 15.2. The van der Waals surface area contributed by atoms with Crippen LogP contribution in [0.2, 0.25) is 0 Å². The Morgan fingerprint density at radius 1 is 1.17 bits per heavy atom. The van der Waals surface area contributed by atoms with Crippen molar-refractivity contribution in [1.29, 1.82) is 0 Å². The molecule has 0 aliphatic carbocycles. The van der Waals surface area contributed by atoms with Crippen LogP contribution in [-0.2, 0) is 11.3 Å². The van der Waals surface area contributed by atoms with E-state index in [9.17, 15) is 0 Å². The highest BCUT2D eigenvalue weighted by molar-refractivity contribution is 5.79. The Morgan fingerprint density at radius 3 is 2.43 bits per heavy atom. The molecule has 0 aromatic heterocycles. The first-order valence-corrected chi connectivity index (χ1v) is 8.31. The Labute approximate surface area is 141 Å². The van der Waals surface area contributed by atoms with E-state index in [0.717, 1.165) is 38.7 Å². The first-order valence-electron chi connectivity index (χ1n) is 8.31. The third-order valence-corrected chi connectivity index (χ3v) is 3.35. The number of nitrogens with zero attached hydrogens (tertiary/aromatic N) is 2. The summed E-state index contributed by atoms with van der Waals surface area (Å²) < 4.78 is 5.57. The molecule has 0 aliphatic rings. The SMILES string of the molecule is CN=C(NCCCOCC(C)C)NCc1ccc(N(C)C)cc1. The standard InChI is InChI=1S/C18H32N4O/c1-15(2)14-23-12-6-11-20-18(19-3)21-13-16-7-9-17(10-8-16)22(4)5/h7-10,15H,6,11-14H2,1-5H3,(H2,19,20,21). The maximum atomic E-state index is 5.57. The van der Waals surface area contributed by atoms with E-state index in [0.29, 0.717) is 5.92 Å². The van der Waals surface area contributed by atoms with E-state index in [1.807, 2.05) is 14.1 Å². The van der Waals surface area contributed by atoms with Gasteiger partial charge in [0.15, 0.2) is 5.96 Å². The fourth-order valence-electron chi connectivity index (χ4n) is 2.02. The molecule has 5 heteroatoms. The van der Waals surface area contributed by atoms with Gasteiger partial charge in [-0.2, -0.15) is 0 Å². The van der Waals surface area contributed by atoms with Crippen LogP contribution in [0.4, 0.5) is 5.69 Å². The quantitative estimate of drug-likeness (QED) is 0.417. The molecule has 0 fully saturated rings. The molecule has 1 aromatic rings. The molecule has 2 N–H and O–H groups in total. The lowest BCUT2D eigenvalue weighted by atomic mass is 10.2. The zero-order valence-corrected chi connectivity index (χ0v) is 15.2. The summed E-state index contributed by atoms with van der Waals surface area (Å²) >= 11 is 0. The summed E-state index contributed by atoms with van der Waals surface area (Å²) in [5, 5.41) is 6.64. The largest absolute Gasteiger partial charge is 0.381 e. The van der Waals surface area contributed by atoms with Gasteiger partial charge in [0.2, 0.25) is 0 Å². The fourth-order valence-corrected chi connectivity index (χ4v) is 2.02. The van der Waals surface area contributed by atoms with Gasteiger partial charge in [0.1, 0.15) is 0 Å². The van der Waals surface area contributed by atoms with Crippen molar-refractivity contribution in [3.05, 3.63) is 29.8 Å². The molecule has 0 saturated heterocycles. The molecule has 0 radical (unpaired) electrons. The smallest absolute Gasteiger partial charge is 0.191 e. The van der Waals surface area contributed by atoms with Gasteiger partial charge in [0.05, 0.1) is 0 Å². The number of ether oxygens (including phenoxy) is 1. The second kappa shape index (κ2) is 10.9. The lowest BCUT2D eigenvalue weighted by Gasteiger charge is -2.14. The van der Waals surface area contributed by atoms with Gasteiger partial charge in [-0.1, -0.05) is 26.0 Å². The maximum absolute atomic E-state index is 5.57. The summed E-state index contributed by atoms with van der Waals surface area (Å²) in [6, 6.07) is 8.52. The number of hydrogen-bond donors (Lipinski definition) is 2. The Morgan fingerprint density at radius 2 is 1.87 bits per heavy atom. The van der Waals surface area contributed by atoms with Gasteiger partial charge in [-0.25, -0.2) is 0 Å². The van der Waals surface area contributed by atoms with Crippen LogP contribution in [-0.4, -0.2) is 46.9 Å². The van der Waals surface area contributed by atoms with Crippen molar-refractivity contribution >= 4 is 11.6 Å². The van der Waals surface area contributed by atoms with Crippen molar-refractivity contribution in [2.45, 2.75) is 26.8 Å². The van der Waals surface area contributed by atoms with Gasteiger partial charge in [0, 0.05) is 53.1 Å². The summed E-state index contributed by atoms with van der Waals surface area (Å²) in [6.45, 7) is 7.56. The van der Waals surface area contributed by atoms with Crippen molar-refractivity contribution in [1.82, 2.24) is 10.6 Å². The van der Waals surface area contributed by atoms with E-state index in [1.165, 1.54) is 11.3 Å². The van der Waals surface area contributed by atoms with Crippen molar-refractivity contribution < 1.29 is 4.74 Å². The molecule has 0 unspecified atom stereocenters. The van der Waals surface area contributed by atoms with Crippen LogP contribution in [0, 0.1) is 5.92 Å². The topological polar surface area (TPSA) is 48.9 Å². The first kappa shape index (κ1) is 19.3. The number of rotatable bonds is 9. The third kappa shape index (κ3) is 8.45. The molecule has 1 rings (SSSR count). The molecule has 0 aliphatic heterocycles. The molecule has 0 bridgehead atoms. The number of nitrogens with one attached hydrogen (secondary N) is 2. The van der Waals surface area contributed by atoms with E-state index in [-0.39, 0.29) is 0 Å². The molecule has 5 nitrogen and oxygen atoms in total. The lowest BCUT2D eigenvalue weighted by molar-refractivity contribution is 0.108. The Bertz CT molecular complexity index is 455. The summed E-state index contributed by atoms with van der Waals surface area (Å²) in [4.78, 5) is 6.34. The van der Waals surface area contributed by atoms with E-state index in [4.69, 9.17) is 4.74 Å². The Hall–Kier alpha value is -1.75. The number of benzene rings is 1. The summed E-state index contributed by atoms with van der Waals surface area (Å²) in [7, 11) is 5.88. The zero-order chi connectivity index (χ0) is 17.1. The normalized spacial score (nSPS) is 11.7. The van der Waals surface area contributed by atoms with Crippen molar-refractivity contribution in [3.63, 3.8) is 0 Å². The lowest BCUT2D eigenvalue weighted by Crippen LogP contribution is -2.37. The van der Waals surface area contributed by atoms with Gasteiger partial charge >= 0.3 is 0 Å². The molecule has 0 saturated carbocycles. The second-order valence-electron chi connectivity index (χ2n) is 6.24. The van der Waals surface area contributed by atoms with Gasteiger partial charge in [0.25, 0.3) is 0 Å². The van der Waals surface area contributed by atoms with Crippen molar-refractivity contribution in [2.24, 2.45) is 10.9 Å². The van der Waals surface area contributed by atoms with E-state index in [1.54, 1.807) is 7.05 Å². The molecule has 0 atom stereocenters. The molecule has 0 heterocycles. The van der Waals surface area contributed by atoms with E-state index < -0.39 is 0 Å². The Kier molecular flexibility index (Phi) is 9.14. The van der Waals surface area contributed by atoms with Gasteiger partial charge in [-0.05, 0) is 30.0 Å². The molecule has 1 aromatic carbocycles. The van der Waals surface area contributed by atoms with Crippen LogP contribution in [0.15, 0.2) is 29.3 Å². The third-order valence-electron chi connectivity index (χ3n) is 3.35. The highest BCUT2D eigenvalue weighted by Gasteiger charge is 2.00. The van der Waals surface area contributed by atoms with Gasteiger partial charge in [-0.3, -0.25) is 4.99 Å². The van der Waals surface area contributed by atoms with Crippen LogP contribution in [0.1, 0.15) is 25.8 Å². The number of guanidine groups is 1. The predicted octanol–water partition coefficient (Wildman–Crippen LogP) is 2.48. The number of hydrogen-bond acceptors (Lipinski definition) is 3. The molecule has 0 spiro atoms. The predicted molar refractivity (Wildman–Crippen MR) is 99.2 cm³/mol. The minimum absolute atomic E-state index is 0.594. The van der Waals surface area contributed by atoms with E-state index >= 15 is 0 Å². The average molecular weight is 320 g/mol. The van der Waals surface area contributed by atoms with Crippen LogP contribution < -0.4 is 15.5 Å². The summed E-state index contributed by atoms with van der Waals surface area (Å²) in [5.74, 6) is 1.42. The van der Waals surface area contributed by atoms with Gasteiger partial charge in [-0.15, -0.1) is 0 Å². The molecule has 0 amide bonds. The molecule has 23 heavy (non-hydrogen) atoms. The van der Waals surface area contributed by atoms with Gasteiger partial charge < -0.3 is 20.3 Å². The molecular formula is C18H32N4O. The second-order valence-corrected chi connectivity index (χ2v) is 6.24. The summed E-state index contributed by atoms with van der Waals surface area (Å²) in [5.41, 5.74) is 2.44. The fraction of sp³-hybridized carbons (Fsp3) is 0.611. The molecular weight excluding hydrogens is 288 g/mol. The molecule has 130 valence electrons. The van der Waals surface area contributed by atoms with Crippen molar-refractivity contribution in [3.8, 4) is 0 Å². The van der Waals surface area contributed by atoms with Crippen LogP contribution >= 0.6 is 0 Å². The number of aliphatic imine (C=N–C) groups is 1. The van der Waals surface area contributed by atoms with Crippen LogP contribution in [0.5, 0.6) is 0 Å². The highest BCUT2D eigenvalue weighted by Crippen LogP contribution is 2.11. The Balaban J connectivity index is 2.23. The van der Waals surface area contributed by atoms with Crippen LogP contribution in [0.25, 0.3) is 0 Å². The number of anilines is 1. The van der Waals surface area contributed by atoms with Crippen molar-refractivity contribution in [2.75, 3.05) is 45.8 Å². The monoisotopic (exact) mass is 320 g/mol. The summed E-state index contributed by atoms with van der Waals surface area (Å²) in [6.07, 6.45) is 0.977. The highest BCUT2D eigenvalue weighted by atomic mass is 16.5.